The van der Waals surface area contributed by atoms with Crippen LogP contribution < -0.4 is 10.6 Å². The van der Waals surface area contributed by atoms with Gasteiger partial charge in [-0.05, 0) is 20.3 Å². The largest absolute Gasteiger partial charge is 0.355 e. The number of carbonyl (C=O) groups excluding carboxylic acids is 1. The summed E-state index contributed by atoms with van der Waals surface area (Å²) < 4.78 is 11.2. The molecule has 0 aromatic carbocycles. The van der Waals surface area contributed by atoms with E-state index in [1.807, 2.05) is 13.8 Å². The predicted octanol–water partition coefficient (Wildman–Crippen LogP) is 3.76. The number of hydrogen-bond donors (Lipinski definition) is 2. The Hall–Kier alpha value is -0.650. The minimum absolute atomic E-state index is 0.0322. The average Bonchev–Trinajstić information content (AvgIpc) is 2.91. The topological polar surface area (TPSA) is 59.6 Å². The third-order valence-corrected chi connectivity index (χ3v) is 4.58. The number of nitrogens with one attached hydrogen (secondary N) is 2. The van der Waals surface area contributed by atoms with E-state index in [1.165, 1.54) is 57.8 Å². The Bertz CT molecular complexity index is 348. The standard InChI is InChI=1S/C20H40N2O3/c1-4-5-6-7-8-9-10-11-12-13-14-22-19(23)16-21-15-18-17-24-20(2,3)25-18/h18,21H,4-17H2,1-3H3,(H,22,23). The molecule has 1 atom stereocenters. The summed E-state index contributed by atoms with van der Waals surface area (Å²) in [5, 5.41) is 6.11. The fraction of sp³-hybridized carbons (Fsp3) is 0.950. The molecule has 5 heteroatoms. The molecule has 1 amide bonds. The lowest BCUT2D eigenvalue weighted by molar-refractivity contribution is -0.137. The van der Waals surface area contributed by atoms with Gasteiger partial charge in [0.2, 0.25) is 5.91 Å². The first-order chi connectivity index (χ1) is 12.0. The number of amides is 1. The van der Waals surface area contributed by atoms with Crippen LogP contribution in [0.4, 0.5) is 0 Å². The molecule has 0 aliphatic carbocycles. The Morgan fingerprint density at radius 3 is 2.16 bits per heavy atom. The molecule has 0 aromatic rings. The first-order valence-corrected chi connectivity index (χ1v) is 10.3. The highest BCUT2D eigenvalue weighted by Gasteiger charge is 2.32. The molecule has 148 valence electrons. The minimum Gasteiger partial charge on any atom is -0.355 e. The molecule has 25 heavy (non-hydrogen) atoms. The molecule has 1 saturated heterocycles. The third kappa shape index (κ3) is 12.4. The number of carbonyl (C=O) groups is 1. The van der Waals surface area contributed by atoms with Crippen LogP contribution in [0.15, 0.2) is 0 Å². The van der Waals surface area contributed by atoms with Gasteiger partial charge in [0.15, 0.2) is 5.79 Å². The SMILES string of the molecule is CCCCCCCCCCCCNC(=O)CNCC1COC(C)(C)O1. The van der Waals surface area contributed by atoms with Crippen LogP contribution in [0.1, 0.15) is 85.0 Å². The van der Waals surface area contributed by atoms with Crippen LogP contribution in [0, 0.1) is 0 Å². The maximum Gasteiger partial charge on any atom is 0.233 e. The number of ether oxygens (including phenoxy) is 2. The van der Waals surface area contributed by atoms with Crippen LogP contribution in [-0.4, -0.2) is 44.0 Å². The molecule has 0 spiro atoms. The van der Waals surface area contributed by atoms with Gasteiger partial charge in [-0.25, -0.2) is 0 Å². The number of hydrogen-bond acceptors (Lipinski definition) is 4. The molecular weight excluding hydrogens is 316 g/mol. The first kappa shape index (κ1) is 22.4. The molecule has 5 nitrogen and oxygen atoms in total. The molecular formula is C20H40N2O3. The van der Waals surface area contributed by atoms with Crippen molar-refractivity contribution in [2.24, 2.45) is 0 Å². The Labute approximate surface area is 154 Å². The van der Waals surface area contributed by atoms with Crippen molar-refractivity contribution in [2.45, 2.75) is 96.9 Å². The van der Waals surface area contributed by atoms with Crippen molar-refractivity contribution in [3.8, 4) is 0 Å². The molecule has 0 bridgehead atoms. The molecule has 1 rings (SSSR count). The smallest absolute Gasteiger partial charge is 0.233 e. The van der Waals surface area contributed by atoms with Crippen molar-refractivity contribution in [3.63, 3.8) is 0 Å². The minimum atomic E-state index is -0.496. The second-order valence-corrected chi connectivity index (χ2v) is 7.61. The van der Waals surface area contributed by atoms with Crippen molar-refractivity contribution < 1.29 is 14.3 Å². The van der Waals surface area contributed by atoms with Gasteiger partial charge >= 0.3 is 0 Å². The van der Waals surface area contributed by atoms with Crippen LogP contribution in [0.3, 0.4) is 0 Å². The quantitative estimate of drug-likeness (QED) is 0.439. The summed E-state index contributed by atoms with van der Waals surface area (Å²) in [6.07, 6.45) is 13.2. The average molecular weight is 357 g/mol. The van der Waals surface area contributed by atoms with Crippen LogP contribution >= 0.6 is 0 Å². The van der Waals surface area contributed by atoms with Crippen molar-refractivity contribution in [1.29, 1.82) is 0 Å². The van der Waals surface area contributed by atoms with E-state index in [-0.39, 0.29) is 12.0 Å². The van der Waals surface area contributed by atoms with Crippen LogP contribution in [-0.2, 0) is 14.3 Å². The normalized spacial score (nSPS) is 19.2. The summed E-state index contributed by atoms with van der Waals surface area (Å²) >= 11 is 0. The van der Waals surface area contributed by atoms with Crippen LogP contribution in [0.2, 0.25) is 0 Å². The van der Waals surface area contributed by atoms with Crippen molar-refractivity contribution in [1.82, 2.24) is 10.6 Å². The van der Waals surface area contributed by atoms with Crippen molar-refractivity contribution in [2.75, 3.05) is 26.2 Å². The van der Waals surface area contributed by atoms with E-state index in [0.717, 1.165) is 13.0 Å². The molecule has 1 aliphatic heterocycles. The Morgan fingerprint density at radius 2 is 1.60 bits per heavy atom. The Morgan fingerprint density at radius 1 is 1.00 bits per heavy atom. The predicted molar refractivity (Wildman–Crippen MR) is 103 cm³/mol. The highest BCUT2D eigenvalue weighted by atomic mass is 16.7. The molecule has 0 saturated carbocycles. The molecule has 0 radical (unpaired) electrons. The maximum atomic E-state index is 11.8. The van der Waals surface area contributed by atoms with Gasteiger partial charge in [-0.1, -0.05) is 64.7 Å². The molecule has 2 N–H and O–H groups in total. The lowest BCUT2D eigenvalue weighted by Gasteiger charge is -2.17. The van der Waals surface area contributed by atoms with E-state index in [0.29, 0.717) is 19.7 Å². The summed E-state index contributed by atoms with van der Waals surface area (Å²) in [5.41, 5.74) is 0. The monoisotopic (exact) mass is 356 g/mol. The zero-order valence-electron chi connectivity index (χ0n) is 16.7. The highest BCUT2D eigenvalue weighted by molar-refractivity contribution is 5.77. The number of rotatable bonds is 15. The summed E-state index contributed by atoms with van der Waals surface area (Å²) in [4.78, 5) is 11.8. The zero-order chi connectivity index (χ0) is 18.4. The van der Waals surface area contributed by atoms with Crippen molar-refractivity contribution in [3.05, 3.63) is 0 Å². The Kier molecular flexibility index (Phi) is 12.1. The van der Waals surface area contributed by atoms with Gasteiger partial charge in [-0.3, -0.25) is 4.79 Å². The highest BCUT2D eigenvalue weighted by Crippen LogP contribution is 2.21. The van der Waals surface area contributed by atoms with E-state index in [2.05, 4.69) is 17.6 Å². The summed E-state index contributed by atoms with van der Waals surface area (Å²) in [6, 6.07) is 0. The van der Waals surface area contributed by atoms with Gasteiger partial charge in [0.25, 0.3) is 0 Å². The summed E-state index contributed by atoms with van der Waals surface area (Å²) in [5.74, 6) is -0.432. The van der Waals surface area contributed by atoms with Gasteiger partial charge in [-0.15, -0.1) is 0 Å². The second kappa shape index (κ2) is 13.5. The number of unbranched alkanes of at least 4 members (excludes halogenated alkanes) is 9. The molecule has 1 fully saturated rings. The van der Waals surface area contributed by atoms with Gasteiger partial charge in [0.1, 0.15) is 0 Å². The second-order valence-electron chi connectivity index (χ2n) is 7.61. The van der Waals surface area contributed by atoms with E-state index in [9.17, 15) is 4.79 Å². The molecule has 1 unspecified atom stereocenters. The molecule has 0 aromatic heterocycles. The van der Waals surface area contributed by atoms with E-state index < -0.39 is 5.79 Å². The molecule has 1 aliphatic rings. The van der Waals surface area contributed by atoms with Gasteiger partial charge < -0.3 is 20.1 Å². The van der Waals surface area contributed by atoms with E-state index in [4.69, 9.17) is 9.47 Å². The van der Waals surface area contributed by atoms with Crippen LogP contribution in [0.25, 0.3) is 0 Å². The zero-order valence-corrected chi connectivity index (χ0v) is 16.7. The lowest BCUT2D eigenvalue weighted by Crippen LogP contribution is -2.38. The van der Waals surface area contributed by atoms with E-state index >= 15 is 0 Å². The third-order valence-electron chi connectivity index (χ3n) is 4.58. The first-order valence-electron chi connectivity index (χ1n) is 10.3. The fourth-order valence-electron chi connectivity index (χ4n) is 3.11. The van der Waals surface area contributed by atoms with Crippen LogP contribution in [0.5, 0.6) is 0 Å². The summed E-state index contributed by atoms with van der Waals surface area (Å²) in [7, 11) is 0. The molecule has 1 heterocycles. The lowest BCUT2D eigenvalue weighted by atomic mass is 10.1. The van der Waals surface area contributed by atoms with Gasteiger partial charge in [0.05, 0.1) is 19.3 Å². The Balaban J connectivity index is 1.81. The van der Waals surface area contributed by atoms with Crippen molar-refractivity contribution >= 4 is 5.91 Å². The van der Waals surface area contributed by atoms with Gasteiger partial charge in [-0.2, -0.15) is 0 Å². The maximum absolute atomic E-state index is 11.8. The fourth-order valence-corrected chi connectivity index (χ4v) is 3.11. The summed E-state index contributed by atoms with van der Waals surface area (Å²) in [6.45, 7) is 8.44. The van der Waals surface area contributed by atoms with E-state index in [1.54, 1.807) is 0 Å². The van der Waals surface area contributed by atoms with Gasteiger partial charge in [0, 0.05) is 13.1 Å².